The fraction of sp³-hybridized carbons (Fsp3) is 0.538. The first-order valence-corrected chi connectivity index (χ1v) is 10.7. The predicted molar refractivity (Wildman–Crippen MR) is 121 cm³/mol. The number of phenolic OH excluding ortho intramolecular Hbond substituents is 2. The van der Waals surface area contributed by atoms with E-state index in [4.69, 9.17) is 0 Å². The monoisotopic (exact) mass is 398 g/mol. The average Bonchev–Trinajstić information content (AvgIpc) is 2.67. The lowest BCUT2D eigenvalue weighted by Crippen LogP contribution is -2.35. The van der Waals surface area contributed by atoms with E-state index in [1.165, 1.54) is 0 Å². The van der Waals surface area contributed by atoms with Gasteiger partial charge in [0.1, 0.15) is 11.5 Å². The summed E-state index contributed by atoms with van der Waals surface area (Å²) in [7, 11) is 0. The maximum atomic E-state index is 10.4. The van der Waals surface area contributed by atoms with Crippen LogP contribution in [0.15, 0.2) is 24.3 Å². The summed E-state index contributed by atoms with van der Waals surface area (Å²) in [5, 5.41) is 31.0. The van der Waals surface area contributed by atoms with Gasteiger partial charge in [-0.2, -0.15) is 0 Å². The first-order chi connectivity index (χ1) is 13.4. The highest BCUT2D eigenvalue weighted by Gasteiger charge is 2.37. The van der Waals surface area contributed by atoms with E-state index in [9.17, 15) is 15.3 Å². The number of hydrogen-bond acceptors (Lipinski definition) is 3. The van der Waals surface area contributed by atoms with Crippen molar-refractivity contribution in [2.75, 3.05) is 0 Å². The minimum Gasteiger partial charge on any atom is -0.507 e. The standard InChI is InChI=1S/C26H38O3/c1-9-23(27)15(2)10-20(7)26(8,21-11-16(3)24(28)17(4)12-21)22-13-18(5)25(29)19(6)14-22/h11-15,20,23,27-29H,9-10H2,1-8H3. The van der Waals surface area contributed by atoms with E-state index in [-0.39, 0.29) is 23.4 Å². The van der Waals surface area contributed by atoms with Gasteiger partial charge in [0.15, 0.2) is 0 Å². The summed E-state index contributed by atoms with van der Waals surface area (Å²) < 4.78 is 0. The molecule has 0 fully saturated rings. The minimum atomic E-state index is -0.325. The molecule has 2 aromatic carbocycles. The Kier molecular flexibility index (Phi) is 7.06. The Hall–Kier alpha value is -2.00. The van der Waals surface area contributed by atoms with Gasteiger partial charge in [-0.25, -0.2) is 0 Å². The zero-order valence-electron chi connectivity index (χ0n) is 19.3. The van der Waals surface area contributed by atoms with Crippen LogP contribution in [-0.2, 0) is 5.41 Å². The van der Waals surface area contributed by atoms with Crippen LogP contribution < -0.4 is 0 Å². The average molecular weight is 399 g/mol. The van der Waals surface area contributed by atoms with Gasteiger partial charge in [0.25, 0.3) is 0 Å². The number of benzene rings is 2. The van der Waals surface area contributed by atoms with Gasteiger partial charge < -0.3 is 15.3 Å². The molecule has 0 saturated heterocycles. The third-order valence-electron chi connectivity index (χ3n) is 6.97. The largest absolute Gasteiger partial charge is 0.507 e. The molecule has 0 aliphatic carbocycles. The quantitative estimate of drug-likeness (QED) is 0.530. The van der Waals surface area contributed by atoms with Gasteiger partial charge >= 0.3 is 0 Å². The Labute approximate surface area is 176 Å². The Balaban J connectivity index is 2.68. The normalized spacial score (nSPS) is 15.2. The van der Waals surface area contributed by atoms with Crippen molar-refractivity contribution < 1.29 is 15.3 Å². The molecule has 0 bridgehead atoms. The fourth-order valence-electron chi connectivity index (χ4n) is 4.60. The van der Waals surface area contributed by atoms with Gasteiger partial charge in [0.2, 0.25) is 0 Å². The van der Waals surface area contributed by atoms with Gasteiger partial charge in [0.05, 0.1) is 6.10 Å². The zero-order valence-corrected chi connectivity index (χ0v) is 19.3. The van der Waals surface area contributed by atoms with Crippen molar-refractivity contribution in [1.82, 2.24) is 0 Å². The summed E-state index contributed by atoms with van der Waals surface area (Å²) in [6, 6.07) is 8.32. The summed E-state index contributed by atoms with van der Waals surface area (Å²) in [5.74, 6) is 1.12. The molecular formula is C26H38O3. The number of phenols is 2. The number of aliphatic hydroxyl groups is 1. The lowest BCUT2D eigenvalue weighted by Gasteiger charge is -2.40. The SMILES string of the molecule is CCC(O)C(C)CC(C)C(C)(c1cc(C)c(O)c(C)c1)c1cc(C)c(O)c(C)c1. The van der Waals surface area contributed by atoms with Crippen LogP contribution in [0.25, 0.3) is 0 Å². The molecule has 3 atom stereocenters. The van der Waals surface area contributed by atoms with Crippen LogP contribution in [0.1, 0.15) is 73.9 Å². The van der Waals surface area contributed by atoms with Gasteiger partial charge in [0, 0.05) is 5.41 Å². The van der Waals surface area contributed by atoms with Gasteiger partial charge in [-0.1, -0.05) is 52.0 Å². The van der Waals surface area contributed by atoms with Crippen LogP contribution in [0.3, 0.4) is 0 Å². The van der Waals surface area contributed by atoms with E-state index >= 15 is 0 Å². The first-order valence-electron chi connectivity index (χ1n) is 10.7. The lowest BCUT2D eigenvalue weighted by atomic mass is 9.64. The van der Waals surface area contributed by atoms with Crippen LogP contribution in [-0.4, -0.2) is 21.4 Å². The van der Waals surface area contributed by atoms with Crippen molar-refractivity contribution in [3.8, 4) is 11.5 Å². The van der Waals surface area contributed by atoms with E-state index < -0.39 is 0 Å². The highest BCUT2D eigenvalue weighted by molar-refractivity contribution is 5.52. The van der Waals surface area contributed by atoms with Crippen LogP contribution in [0, 0.1) is 39.5 Å². The number of aliphatic hydroxyl groups excluding tert-OH is 1. The van der Waals surface area contributed by atoms with Gasteiger partial charge in [-0.15, -0.1) is 0 Å². The summed E-state index contributed by atoms with van der Waals surface area (Å²) >= 11 is 0. The number of rotatable bonds is 7. The number of hydrogen-bond donors (Lipinski definition) is 3. The molecule has 0 saturated carbocycles. The van der Waals surface area contributed by atoms with Gasteiger partial charge in [-0.3, -0.25) is 0 Å². The number of aryl methyl sites for hydroxylation is 4. The summed E-state index contributed by atoms with van der Waals surface area (Å²) in [4.78, 5) is 0. The van der Waals surface area contributed by atoms with Crippen LogP contribution >= 0.6 is 0 Å². The molecule has 0 heterocycles. The Morgan fingerprint density at radius 3 is 1.45 bits per heavy atom. The van der Waals surface area contributed by atoms with Crippen molar-refractivity contribution in [3.05, 3.63) is 57.6 Å². The van der Waals surface area contributed by atoms with E-state index in [1.54, 1.807) is 0 Å². The van der Waals surface area contributed by atoms with Crippen molar-refractivity contribution in [3.63, 3.8) is 0 Å². The lowest BCUT2D eigenvalue weighted by molar-refractivity contribution is 0.0928. The summed E-state index contributed by atoms with van der Waals surface area (Å²) in [5.41, 5.74) is 5.45. The second-order valence-corrected chi connectivity index (χ2v) is 9.21. The van der Waals surface area contributed by atoms with Gasteiger partial charge in [-0.05, 0) is 85.8 Å². The smallest absolute Gasteiger partial charge is 0.121 e. The Morgan fingerprint density at radius 2 is 1.14 bits per heavy atom. The van der Waals surface area contributed by atoms with Crippen molar-refractivity contribution in [2.24, 2.45) is 11.8 Å². The molecule has 0 aliphatic heterocycles. The molecule has 3 heteroatoms. The van der Waals surface area contributed by atoms with Crippen molar-refractivity contribution >= 4 is 0 Å². The third-order valence-corrected chi connectivity index (χ3v) is 6.97. The second-order valence-electron chi connectivity index (χ2n) is 9.21. The van der Waals surface area contributed by atoms with Crippen molar-refractivity contribution in [1.29, 1.82) is 0 Å². The molecular weight excluding hydrogens is 360 g/mol. The predicted octanol–water partition coefficient (Wildman–Crippen LogP) is 6.07. The first kappa shape index (κ1) is 23.3. The maximum absolute atomic E-state index is 10.4. The van der Waals surface area contributed by atoms with E-state index in [0.717, 1.165) is 46.2 Å². The number of aromatic hydroxyl groups is 2. The zero-order chi connectivity index (χ0) is 22.1. The molecule has 3 unspecified atom stereocenters. The molecule has 0 aliphatic rings. The highest BCUT2D eigenvalue weighted by Crippen LogP contribution is 2.45. The Morgan fingerprint density at radius 1 is 0.793 bits per heavy atom. The van der Waals surface area contributed by atoms with Crippen molar-refractivity contribution in [2.45, 2.75) is 79.8 Å². The minimum absolute atomic E-state index is 0.188. The summed E-state index contributed by atoms with van der Waals surface area (Å²) in [6.45, 7) is 16.4. The highest BCUT2D eigenvalue weighted by atomic mass is 16.3. The molecule has 0 radical (unpaired) electrons. The topological polar surface area (TPSA) is 60.7 Å². The molecule has 29 heavy (non-hydrogen) atoms. The fourth-order valence-corrected chi connectivity index (χ4v) is 4.60. The van der Waals surface area contributed by atoms with E-state index in [2.05, 4.69) is 45.0 Å². The molecule has 0 spiro atoms. The van der Waals surface area contributed by atoms with E-state index in [1.807, 2.05) is 34.6 Å². The molecule has 2 rings (SSSR count). The molecule has 0 aromatic heterocycles. The molecule has 0 amide bonds. The molecule has 3 N–H and O–H groups in total. The third kappa shape index (κ3) is 4.45. The second kappa shape index (κ2) is 8.79. The van der Waals surface area contributed by atoms with Crippen LogP contribution in [0.2, 0.25) is 0 Å². The molecule has 160 valence electrons. The maximum Gasteiger partial charge on any atom is 0.121 e. The molecule has 2 aromatic rings. The van der Waals surface area contributed by atoms with Crippen LogP contribution in [0.5, 0.6) is 11.5 Å². The van der Waals surface area contributed by atoms with Crippen LogP contribution in [0.4, 0.5) is 0 Å². The Bertz CT molecular complexity index is 765. The van der Waals surface area contributed by atoms with E-state index in [0.29, 0.717) is 11.5 Å². The summed E-state index contributed by atoms with van der Waals surface area (Å²) in [6.07, 6.45) is 1.32. The molecule has 3 nitrogen and oxygen atoms in total.